The average molecular weight is 413 g/mol. The van der Waals surface area contributed by atoms with Crippen molar-refractivity contribution in [2.75, 3.05) is 19.7 Å². The van der Waals surface area contributed by atoms with Crippen molar-refractivity contribution in [2.24, 2.45) is 16.6 Å². The van der Waals surface area contributed by atoms with Gasteiger partial charge in [0.25, 0.3) is 0 Å². The van der Waals surface area contributed by atoms with Crippen LogP contribution < -0.4 is 15.8 Å². The second kappa shape index (κ2) is 9.50. The van der Waals surface area contributed by atoms with Crippen LogP contribution in [0.25, 0.3) is 10.8 Å². The van der Waals surface area contributed by atoms with E-state index in [-0.39, 0.29) is 24.0 Å². The van der Waals surface area contributed by atoms with Gasteiger partial charge in [-0.25, -0.2) is 0 Å². The number of guanidine groups is 1. The molecule has 2 aromatic carbocycles. The molecular weight excluding hydrogens is 389 g/mol. The van der Waals surface area contributed by atoms with Gasteiger partial charge in [-0.3, -0.25) is 4.99 Å². The number of nitrogens with one attached hydrogen (secondary N) is 1. The largest absolute Gasteiger partial charge is 0.491 e. The molecule has 2 aromatic rings. The summed E-state index contributed by atoms with van der Waals surface area (Å²) >= 11 is 0. The topological polar surface area (TPSA) is 59.6 Å². The van der Waals surface area contributed by atoms with Crippen molar-refractivity contribution in [3.05, 3.63) is 42.5 Å². The summed E-state index contributed by atoms with van der Waals surface area (Å²) in [5, 5.41) is 5.37. The SMILES string of the molecule is CC(C)CN=C(N)NCCOc1cccc2ccccc12.I. The van der Waals surface area contributed by atoms with Gasteiger partial charge in [0.15, 0.2) is 5.96 Å². The molecule has 0 aromatic heterocycles. The van der Waals surface area contributed by atoms with E-state index in [1.165, 1.54) is 5.39 Å². The van der Waals surface area contributed by atoms with E-state index < -0.39 is 0 Å². The van der Waals surface area contributed by atoms with E-state index in [2.05, 4.69) is 42.4 Å². The Balaban J connectivity index is 0.00000242. The Morgan fingerprint density at radius 3 is 2.68 bits per heavy atom. The predicted molar refractivity (Wildman–Crippen MR) is 104 cm³/mol. The summed E-state index contributed by atoms with van der Waals surface area (Å²) in [7, 11) is 0. The Morgan fingerprint density at radius 1 is 1.18 bits per heavy atom. The first-order chi connectivity index (χ1) is 10.2. The van der Waals surface area contributed by atoms with E-state index in [0.717, 1.165) is 17.7 Å². The van der Waals surface area contributed by atoms with Gasteiger partial charge in [0.05, 0.1) is 6.54 Å². The first kappa shape index (κ1) is 18.5. The number of nitrogens with two attached hydrogens (primary N) is 1. The molecule has 0 radical (unpaired) electrons. The highest BCUT2D eigenvalue weighted by molar-refractivity contribution is 14.0. The van der Waals surface area contributed by atoms with E-state index in [1.807, 2.05) is 24.3 Å². The highest BCUT2D eigenvalue weighted by Crippen LogP contribution is 2.24. The van der Waals surface area contributed by atoms with Crippen LogP contribution in [0.5, 0.6) is 5.75 Å². The molecular formula is C17H24IN3O. The lowest BCUT2D eigenvalue weighted by atomic mass is 10.1. The molecule has 0 saturated carbocycles. The summed E-state index contributed by atoms with van der Waals surface area (Å²) < 4.78 is 5.82. The summed E-state index contributed by atoms with van der Waals surface area (Å²) in [6.07, 6.45) is 0. The third kappa shape index (κ3) is 5.71. The molecule has 0 unspecified atom stereocenters. The normalized spacial score (nSPS) is 11.3. The molecule has 0 bridgehead atoms. The summed E-state index contributed by atoms with van der Waals surface area (Å²) in [5.41, 5.74) is 5.78. The fourth-order valence-electron chi connectivity index (χ4n) is 2.00. The number of fused-ring (bicyclic) bond motifs is 1. The van der Waals surface area contributed by atoms with E-state index in [4.69, 9.17) is 10.5 Å². The van der Waals surface area contributed by atoms with Crippen molar-refractivity contribution in [3.63, 3.8) is 0 Å². The zero-order valence-electron chi connectivity index (χ0n) is 13.1. The van der Waals surface area contributed by atoms with Gasteiger partial charge in [-0.15, -0.1) is 24.0 Å². The van der Waals surface area contributed by atoms with Crippen molar-refractivity contribution in [1.29, 1.82) is 0 Å². The Hall–Kier alpha value is -1.50. The quantitative estimate of drug-likeness (QED) is 0.330. The zero-order chi connectivity index (χ0) is 15.1. The third-order valence-corrected chi connectivity index (χ3v) is 3.04. The molecule has 0 atom stereocenters. The number of hydrogen-bond donors (Lipinski definition) is 2. The molecule has 0 amide bonds. The molecule has 0 heterocycles. The fraction of sp³-hybridized carbons (Fsp3) is 0.353. The van der Waals surface area contributed by atoms with Crippen molar-refractivity contribution < 1.29 is 4.74 Å². The standard InChI is InChI=1S/C17H23N3O.HI/c1-13(2)12-20-17(18)19-10-11-21-16-9-5-7-14-6-3-4-8-15(14)16;/h3-9,13H,10-12H2,1-2H3,(H3,18,19,20);1H. The Morgan fingerprint density at radius 2 is 1.91 bits per heavy atom. The fourth-order valence-corrected chi connectivity index (χ4v) is 2.00. The summed E-state index contributed by atoms with van der Waals surface area (Å²) in [4.78, 5) is 4.25. The van der Waals surface area contributed by atoms with Crippen LogP contribution in [0.1, 0.15) is 13.8 Å². The van der Waals surface area contributed by atoms with E-state index >= 15 is 0 Å². The minimum Gasteiger partial charge on any atom is -0.491 e. The number of ether oxygens (including phenoxy) is 1. The molecule has 0 saturated heterocycles. The first-order valence-electron chi connectivity index (χ1n) is 7.31. The first-order valence-corrected chi connectivity index (χ1v) is 7.31. The van der Waals surface area contributed by atoms with Crippen LogP contribution >= 0.6 is 24.0 Å². The maximum atomic E-state index is 5.82. The van der Waals surface area contributed by atoms with E-state index in [9.17, 15) is 0 Å². The monoisotopic (exact) mass is 413 g/mol. The molecule has 3 N–H and O–H groups in total. The number of hydrogen-bond acceptors (Lipinski definition) is 2. The van der Waals surface area contributed by atoms with Gasteiger partial charge in [-0.2, -0.15) is 0 Å². The smallest absolute Gasteiger partial charge is 0.188 e. The van der Waals surface area contributed by atoms with Crippen LogP contribution in [-0.2, 0) is 0 Å². The van der Waals surface area contributed by atoms with Gasteiger partial charge >= 0.3 is 0 Å². The molecule has 5 heteroatoms. The van der Waals surface area contributed by atoms with Crippen molar-refractivity contribution in [1.82, 2.24) is 5.32 Å². The third-order valence-electron chi connectivity index (χ3n) is 3.04. The van der Waals surface area contributed by atoms with Crippen molar-refractivity contribution >= 4 is 40.7 Å². The van der Waals surface area contributed by atoms with Gasteiger partial charge < -0.3 is 15.8 Å². The lowest BCUT2D eigenvalue weighted by molar-refractivity contribution is 0.326. The highest BCUT2D eigenvalue weighted by Gasteiger charge is 2.01. The molecule has 0 aliphatic rings. The summed E-state index contributed by atoms with van der Waals surface area (Å²) in [5.74, 6) is 1.88. The zero-order valence-corrected chi connectivity index (χ0v) is 15.4. The lowest BCUT2D eigenvalue weighted by Gasteiger charge is -2.10. The molecule has 0 fully saturated rings. The number of rotatable bonds is 6. The molecule has 4 nitrogen and oxygen atoms in total. The lowest BCUT2D eigenvalue weighted by Crippen LogP contribution is -2.35. The van der Waals surface area contributed by atoms with E-state index in [0.29, 0.717) is 25.0 Å². The Kier molecular flexibility index (Phi) is 8.01. The second-order valence-corrected chi connectivity index (χ2v) is 5.37. The van der Waals surface area contributed by atoms with Crippen molar-refractivity contribution in [3.8, 4) is 5.75 Å². The minimum absolute atomic E-state index is 0. The number of halogens is 1. The van der Waals surface area contributed by atoms with Gasteiger partial charge in [0, 0.05) is 11.9 Å². The van der Waals surface area contributed by atoms with E-state index in [1.54, 1.807) is 0 Å². The van der Waals surface area contributed by atoms with Crippen LogP contribution in [0.4, 0.5) is 0 Å². The molecule has 2 rings (SSSR count). The van der Waals surface area contributed by atoms with Gasteiger partial charge in [0.2, 0.25) is 0 Å². The summed E-state index contributed by atoms with van der Waals surface area (Å²) in [6.45, 7) is 6.15. The van der Waals surface area contributed by atoms with Crippen LogP contribution in [-0.4, -0.2) is 25.7 Å². The summed E-state index contributed by atoms with van der Waals surface area (Å²) in [6, 6.07) is 14.3. The van der Waals surface area contributed by atoms with Gasteiger partial charge in [0.1, 0.15) is 12.4 Å². The number of benzene rings is 2. The van der Waals surface area contributed by atoms with Crippen LogP contribution in [0.3, 0.4) is 0 Å². The van der Waals surface area contributed by atoms with Crippen LogP contribution in [0, 0.1) is 5.92 Å². The molecule has 120 valence electrons. The maximum absolute atomic E-state index is 5.82. The molecule has 22 heavy (non-hydrogen) atoms. The molecule has 0 aliphatic heterocycles. The maximum Gasteiger partial charge on any atom is 0.188 e. The highest BCUT2D eigenvalue weighted by atomic mass is 127. The predicted octanol–water partition coefficient (Wildman–Crippen LogP) is 3.40. The molecule has 0 aliphatic carbocycles. The Bertz CT molecular complexity index is 608. The van der Waals surface area contributed by atoms with Gasteiger partial charge in [-0.05, 0) is 17.4 Å². The average Bonchev–Trinajstić information content (AvgIpc) is 2.49. The van der Waals surface area contributed by atoms with Crippen LogP contribution in [0.2, 0.25) is 0 Å². The Labute approximate surface area is 149 Å². The second-order valence-electron chi connectivity index (χ2n) is 5.37. The number of aliphatic imine (C=N–C) groups is 1. The van der Waals surface area contributed by atoms with Gasteiger partial charge in [-0.1, -0.05) is 50.2 Å². The van der Waals surface area contributed by atoms with Crippen LogP contribution in [0.15, 0.2) is 47.5 Å². The van der Waals surface area contributed by atoms with Crippen molar-refractivity contribution in [2.45, 2.75) is 13.8 Å². The number of nitrogens with zero attached hydrogens (tertiary/aromatic N) is 1. The minimum atomic E-state index is 0. The molecule has 0 spiro atoms.